The number of amides is 1. The van der Waals surface area contributed by atoms with Crippen molar-refractivity contribution in [1.82, 2.24) is 10.2 Å². The topological polar surface area (TPSA) is 94.2 Å². The molecule has 61 heavy (non-hydrogen) atoms. The first-order chi connectivity index (χ1) is 30.0. The van der Waals surface area contributed by atoms with Gasteiger partial charge in [0.25, 0.3) is 0 Å². The second kappa shape index (κ2) is 44.2. The molecule has 1 atom stereocenters. The highest BCUT2D eigenvalue weighted by Gasteiger charge is 2.15. The van der Waals surface area contributed by atoms with Gasteiger partial charge in [0.15, 0.2) is 0 Å². The van der Waals surface area contributed by atoms with Crippen LogP contribution in [-0.4, -0.2) is 68.2 Å². The standard InChI is InChI=1S/C53H96N2O6/c1-4-7-10-13-15-24-34-46-60-52(57)40-30-20-16-22-32-43-55(45-35-42-54-51(56)48-59-47-49-36-26-25-27-37-49)44-33-23-17-21-31-41-53(58)61-50(38-28-18-12-9-6-3)39-29-19-14-11-8-5-2/h25-27,36-37,50H,4-24,28-35,38-48H2,1-3H3,(H,54,56). The number of nitrogens with one attached hydrogen (secondary N) is 1. The molecule has 8 nitrogen and oxygen atoms in total. The van der Waals surface area contributed by atoms with Crippen LogP contribution in [0.15, 0.2) is 30.3 Å². The van der Waals surface area contributed by atoms with E-state index in [1.54, 1.807) is 0 Å². The molecule has 1 N–H and O–H groups in total. The summed E-state index contributed by atoms with van der Waals surface area (Å²) < 4.78 is 17.1. The Labute approximate surface area is 376 Å². The summed E-state index contributed by atoms with van der Waals surface area (Å²) >= 11 is 0. The van der Waals surface area contributed by atoms with Gasteiger partial charge in [-0.25, -0.2) is 0 Å². The fraction of sp³-hybridized carbons (Fsp3) is 0.830. The SMILES string of the molecule is CCCCCCCCCOC(=O)CCCCCCCN(CCCCCCCC(=O)OC(CCCCCCC)CCCCCCCC)CCCNC(=O)COCc1ccccc1. The van der Waals surface area contributed by atoms with E-state index in [9.17, 15) is 14.4 Å². The molecule has 1 aromatic carbocycles. The molecular weight excluding hydrogens is 761 g/mol. The van der Waals surface area contributed by atoms with Gasteiger partial charge in [0.05, 0.1) is 13.2 Å². The first kappa shape index (κ1) is 56.6. The van der Waals surface area contributed by atoms with Crippen LogP contribution in [0.3, 0.4) is 0 Å². The lowest BCUT2D eigenvalue weighted by molar-refractivity contribution is -0.150. The van der Waals surface area contributed by atoms with Crippen molar-refractivity contribution >= 4 is 17.8 Å². The molecule has 0 heterocycles. The van der Waals surface area contributed by atoms with Crippen LogP contribution in [0.25, 0.3) is 0 Å². The van der Waals surface area contributed by atoms with Gasteiger partial charge < -0.3 is 24.4 Å². The van der Waals surface area contributed by atoms with Gasteiger partial charge in [-0.2, -0.15) is 0 Å². The number of nitrogens with zero attached hydrogens (tertiary/aromatic N) is 1. The molecule has 0 aliphatic rings. The average molecular weight is 857 g/mol. The number of hydrogen-bond donors (Lipinski definition) is 1. The Balaban J connectivity index is 2.35. The third-order valence-corrected chi connectivity index (χ3v) is 11.8. The summed E-state index contributed by atoms with van der Waals surface area (Å²) in [6, 6.07) is 9.93. The van der Waals surface area contributed by atoms with Crippen molar-refractivity contribution in [3.8, 4) is 0 Å². The lowest BCUT2D eigenvalue weighted by atomic mass is 10.0. The normalized spacial score (nSPS) is 11.9. The number of ether oxygens (including phenoxy) is 3. The Hall–Kier alpha value is -2.45. The molecule has 0 aliphatic heterocycles. The summed E-state index contributed by atoms with van der Waals surface area (Å²) in [4.78, 5) is 39.9. The van der Waals surface area contributed by atoms with E-state index in [2.05, 4.69) is 31.0 Å². The molecule has 1 amide bonds. The van der Waals surface area contributed by atoms with Crippen molar-refractivity contribution in [2.75, 3.05) is 39.4 Å². The van der Waals surface area contributed by atoms with Crippen LogP contribution < -0.4 is 5.32 Å². The number of benzene rings is 1. The van der Waals surface area contributed by atoms with Gasteiger partial charge in [0.1, 0.15) is 12.7 Å². The van der Waals surface area contributed by atoms with Crippen LogP contribution in [-0.2, 0) is 35.2 Å². The van der Waals surface area contributed by atoms with E-state index < -0.39 is 0 Å². The van der Waals surface area contributed by atoms with Gasteiger partial charge >= 0.3 is 11.9 Å². The second-order valence-electron chi connectivity index (χ2n) is 17.8. The number of hydrogen-bond acceptors (Lipinski definition) is 7. The maximum Gasteiger partial charge on any atom is 0.306 e. The van der Waals surface area contributed by atoms with E-state index in [0.717, 1.165) is 122 Å². The van der Waals surface area contributed by atoms with Gasteiger partial charge in [-0.15, -0.1) is 0 Å². The smallest absolute Gasteiger partial charge is 0.306 e. The zero-order valence-electron chi connectivity index (χ0n) is 40.1. The Bertz CT molecular complexity index is 1120. The third kappa shape index (κ3) is 38.9. The highest BCUT2D eigenvalue weighted by molar-refractivity contribution is 5.77. The fourth-order valence-corrected chi connectivity index (χ4v) is 7.98. The zero-order chi connectivity index (χ0) is 44.1. The minimum Gasteiger partial charge on any atom is -0.466 e. The largest absolute Gasteiger partial charge is 0.466 e. The van der Waals surface area contributed by atoms with E-state index in [1.165, 1.54) is 103 Å². The Morgan fingerprint density at radius 2 is 0.984 bits per heavy atom. The Morgan fingerprint density at radius 1 is 0.525 bits per heavy atom. The predicted molar refractivity (Wildman–Crippen MR) is 256 cm³/mol. The van der Waals surface area contributed by atoms with Crippen molar-refractivity contribution < 1.29 is 28.6 Å². The van der Waals surface area contributed by atoms with Crippen LogP contribution in [0.4, 0.5) is 0 Å². The van der Waals surface area contributed by atoms with Gasteiger partial charge in [-0.3, -0.25) is 14.4 Å². The lowest BCUT2D eigenvalue weighted by Gasteiger charge is -2.22. The molecular formula is C53H96N2O6. The number of esters is 2. The molecule has 0 fully saturated rings. The van der Waals surface area contributed by atoms with Crippen LogP contribution >= 0.6 is 0 Å². The van der Waals surface area contributed by atoms with Gasteiger partial charge in [-0.05, 0) is 89.4 Å². The van der Waals surface area contributed by atoms with Crippen molar-refractivity contribution in [3.05, 3.63) is 35.9 Å². The molecule has 0 aromatic heterocycles. The van der Waals surface area contributed by atoms with Crippen LogP contribution in [0.2, 0.25) is 0 Å². The molecule has 0 aliphatic carbocycles. The molecule has 0 radical (unpaired) electrons. The minimum atomic E-state index is -0.0659. The summed E-state index contributed by atoms with van der Waals surface area (Å²) in [7, 11) is 0. The number of carbonyl (C=O) groups is 3. The lowest BCUT2D eigenvalue weighted by Crippen LogP contribution is -2.33. The van der Waals surface area contributed by atoms with E-state index in [-0.39, 0.29) is 30.6 Å². The molecule has 1 rings (SSSR count). The van der Waals surface area contributed by atoms with E-state index in [0.29, 0.717) is 32.6 Å². The van der Waals surface area contributed by atoms with Crippen molar-refractivity contribution in [2.45, 2.75) is 245 Å². The molecule has 0 saturated carbocycles. The van der Waals surface area contributed by atoms with Gasteiger partial charge in [0, 0.05) is 19.4 Å². The summed E-state index contributed by atoms with van der Waals surface area (Å²) in [6.07, 6.45) is 37.5. The quantitative estimate of drug-likeness (QED) is 0.0515. The van der Waals surface area contributed by atoms with Crippen molar-refractivity contribution in [3.63, 3.8) is 0 Å². The molecule has 1 aromatic rings. The maximum absolute atomic E-state index is 12.8. The molecule has 0 bridgehead atoms. The van der Waals surface area contributed by atoms with Crippen LogP contribution in [0, 0.1) is 0 Å². The highest BCUT2D eigenvalue weighted by atomic mass is 16.5. The fourth-order valence-electron chi connectivity index (χ4n) is 7.98. The highest BCUT2D eigenvalue weighted by Crippen LogP contribution is 2.18. The molecule has 0 saturated heterocycles. The summed E-state index contributed by atoms with van der Waals surface area (Å²) in [6.45, 7) is 11.6. The molecule has 1 unspecified atom stereocenters. The zero-order valence-corrected chi connectivity index (χ0v) is 40.1. The summed E-state index contributed by atoms with van der Waals surface area (Å²) in [5.74, 6) is -0.101. The van der Waals surface area contributed by atoms with E-state index >= 15 is 0 Å². The van der Waals surface area contributed by atoms with Crippen LogP contribution in [0.5, 0.6) is 0 Å². The summed E-state index contributed by atoms with van der Waals surface area (Å²) in [5, 5.41) is 3.03. The maximum atomic E-state index is 12.8. The summed E-state index contributed by atoms with van der Waals surface area (Å²) in [5.41, 5.74) is 1.07. The van der Waals surface area contributed by atoms with E-state index in [4.69, 9.17) is 14.2 Å². The number of rotatable bonds is 46. The van der Waals surface area contributed by atoms with Crippen molar-refractivity contribution in [1.29, 1.82) is 0 Å². The molecule has 354 valence electrons. The molecule has 0 spiro atoms. The number of carbonyl (C=O) groups excluding carboxylic acids is 3. The monoisotopic (exact) mass is 857 g/mol. The Morgan fingerprint density at radius 3 is 1.54 bits per heavy atom. The van der Waals surface area contributed by atoms with E-state index in [1.807, 2.05) is 30.3 Å². The minimum absolute atomic E-state index is 0.00398. The average Bonchev–Trinajstić information content (AvgIpc) is 3.26. The van der Waals surface area contributed by atoms with Crippen LogP contribution in [0.1, 0.15) is 238 Å². The third-order valence-electron chi connectivity index (χ3n) is 11.8. The Kier molecular flexibility index (Phi) is 41.0. The second-order valence-corrected chi connectivity index (χ2v) is 17.8. The van der Waals surface area contributed by atoms with Gasteiger partial charge in [-0.1, -0.05) is 186 Å². The first-order valence-electron chi connectivity index (χ1n) is 25.9. The predicted octanol–water partition coefficient (Wildman–Crippen LogP) is 14.0. The van der Waals surface area contributed by atoms with Crippen molar-refractivity contribution in [2.24, 2.45) is 0 Å². The van der Waals surface area contributed by atoms with Gasteiger partial charge in [0.2, 0.25) is 5.91 Å². The molecule has 8 heteroatoms. The first-order valence-corrected chi connectivity index (χ1v) is 25.9. The number of unbranched alkanes of at least 4 members (excludes halogenated alkanes) is 23.